The first-order valence-corrected chi connectivity index (χ1v) is 13.1. The lowest BCUT2D eigenvalue weighted by Crippen LogP contribution is -2.01. The zero-order valence-corrected chi connectivity index (χ0v) is 22.0. The molecule has 5 aromatic rings. The third-order valence-electron chi connectivity index (χ3n) is 6.76. The van der Waals surface area contributed by atoms with Crippen LogP contribution in [-0.4, -0.2) is 9.55 Å². The first-order chi connectivity index (χ1) is 17.5. The molecule has 0 radical (unpaired) electrons. The molecular weight excluding hydrogens is 483 g/mol. The van der Waals surface area contributed by atoms with Crippen LogP contribution in [0.15, 0.2) is 103 Å². The van der Waals surface area contributed by atoms with Crippen LogP contribution in [0.25, 0.3) is 28.1 Å². The maximum absolute atomic E-state index is 6.51. The van der Waals surface area contributed by atoms with E-state index in [1.165, 1.54) is 22.3 Å². The van der Waals surface area contributed by atoms with Gasteiger partial charge in [-0.15, -0.1) is 0 Å². The van der Waals surface area contributed by atoms with Crippen molar-refractivity contribution in [3.63, 3.8) is 0 Å². The fraction of sp³-hybridized carbons (Fsp3) is 0.156. The molecule has 180 valence electrons. The Morgan fingerprint density at radius 2 is 1.47 bits per heavy atom. The van der Waals surface area contributed by atoms with Crippen LogP contribution in [0, 0.1) is 0 Å². The third-order valence-corrected chi connectivity index (χ3v) is 7.31. The van der Waals surface area contributed by atoms with Crippen molar-refractivity contribution in [1.82, 2.24) is 9.55 Å². The van der Waals surface area contributed by atoms with Gasteiger partial charge in [-0.2, -0.15) is 0 Å². The molecule has 0 spiro atoms. The van der Waals surface area contributed by atoms with Gasteiger partial charge in [0.15, 0.2) is 0 Å². The number of rotatable bonds is 7. The Balaban J connectivity index is 1.44. The second kappa shape index (κ2) is 10.7. The standard InChI is InChI=1S/C32H28Cl2N2/c1-3-22(2)24-13-15-26(16-14-24)25-11-9-23(10-12-25)19-32-35-31(29-18-17-27(33)20-30(29)34)21-36(32)28-7-5-4-6-8-28/h4-18,20-22H,3,19H2,1-2H3. The summed E-state index contributed by atoms with van der Waals surface area (Å²) in [4.78, 5) is 4.99. The first kappa shape index (κ1) is 24.4. The van der Waals surface area contributed by atoms with Crippen molar-refractivity contribution in [3.05, 3.63) is 130 Å². The average molecular weight is 511 g/mol. The molecule has 2 nitrogen and oxygen atoms in total. The molecular formula is C32H28Cl2N2. The van der Waals surface area contributed by atoms with Gasteiger partial charge in [0.05, 0.1) is 10.7 Å². The fourth-order valence-electron chi connectivity index (χ4n) is 4.42. The fourth-order valence-corrected chi connectivity index (χ4v) is 4.93. The van der Waals surface area contributed by atoms with Crippen LogP contribution in [0.5, 0.6) is 0 Å². The molecule has 1 atom stereocenters. The summed E-state index contributed by atoms with van der Waals surface area (Å²) in [5, 5.41) is 1.21. The summed E-state index contributed by atoms with van der Waals surface area (Å²) in [6.45, 7) is 4.50. The first-order valence-electron chi connectivity index (χ1n) is 12.3. The number of benzene rings is 4. The van der Waals surface area contributed by atoms with Gasteiger partial charge in [-0.25, -0.2) is 4.98 Å². The van der Waals surface area contributed by atoms with Crippen LogP contribution in [-0.2, 0) is 6.42 Å². The monoisotopic (exact) mass is 510 g/mol. The highest BCUT2D eigenvalue weighted by atomic mass is 35.5. The molecule has 4 aromatic carbocycles. The average Bonchev–Trinajstić information content (AvgIpc) is 3.32. The number of hydrogen-bond donors (Lipinski definition) is 0. The van der Waals surface area contributed by atoms with Crippen molar-refractivity contribution >= 4 is 23.2 Å². The lowest BCUT2D eigenvalue weighted by Gasteiger charge is -2.11. The van der Waals surface area contributed by atoms with E-state index in [1.54, 1.807) is 6.07 Å². The maximum Gasteiger partial charge on any atom is 0.118 e. The molecule has 5 rings (SSSR count). The molecule has 0 saturated heterocycles. The zero-order chi connectivity index (χ0) is 25.1. The number of hydrogen-bond acceptors (Lipinski definition) is 1. The number of halogens is 2. The van der Waals surface area contributed by atoms with Crippen LogP contribution in [0.2, 0.25) is 10.0 Å². The van der Waals surface area contributed by atoms with Crippen molar-refractivity contribution in [3.8, 4) is 28.1 Å². The maximum atomic E-state index is 6.51. The Morgan fingerprint density at radius 3 is 2.11 bits per heavy atom. The van der Waals surface area contributed by atoms with E-state index in [-0.39, 0.29) is 0 Å². The smallest absolute Gasteiger partial charge is 0.118 e. The Labute approximate surface area is 223 Å². The second-order valence-corrected chi connectivity index (χ2v) is 10.0. The van der Waals surface area contributed by atoms with Crippen LogP contribution in [0.3, 0.4) is 0 Å². The largest absolute Gasteiger partial charge is 0.303 e. The molecule has 0 amide bonds. The predicted octanol–water partition coefficient (Wildman–Crippen LogP) is 9.62. The lowest BCUT2D eigenvalue weighted by molar-refractivity contribution is 0.734. The molecule has 0 aliphatic heterocycles. The molecule has 36 heavy (non-hydrogen) atoms. The molecule has 0 aliphatic carbocycles. The summed E-state index contributed by atoms with van der Waals surface area (Å²) < 4.78 is 2.14. The van der Waals surface area contributed by atoms with E-state index in [1.807, 2.05) is 36.5 Å². The van der Waals surface area contributed by atoms with Crippen LogP contribution in [0.4, 0.5) is 0 Å². The number of aromatic nitrogens is 2. The van der Waals surface area contributed by atoms with Gasteiger partial charge in [-0.1, -0.05) is 104 Å². The van der Waals surface area contributed by atoms with Gasteiger partial charge in [-0.3, -0.25) is 0 Å². The van der Waals surface area contributed by atoms with E-state index in [2.05, 4.69) is 79.1 Å². The highest BCUT2D eigenvalue weighted by Crippen LogP contribution is 2.31. The normalized spacial score (nSPS) is 12.0. The van der Waals surface area contributed by atoms with Crippen LogP contribution in [0.1, 0.15) is 43.1 Å². The van der Waals surface area contributed by atoms with Crippen LogP contribution < -0.4 is 0 Å². The van der Waals surface area contributed by atoms with E-state index < -0.39 is 0 Å². The Kier molecular flexibility index (Phi) is 7.27. The minimum Gasteiger partial charge on any atom is -0.303 e. The Bertz CT molecular complexity index is 1450. The Morgan fingerprint density at radius 1 is 0.806 bits per heavy atom. The minimum absolute atomic E-state index is 0.586. The lowest BCUT2D eigenvalue weighted by atomic mass is 9.95. The minimum atomic E-state index is 0.586. The summed E-state index contributed by atoms with van der Waals surface area (Å²) in [6.07, 6.45) is 3.90. The van der Waals surface area contributed by atoms with Gasteiger partial charge in [0.1, 0.15) is 5.82 Å². The molecule has 1 unspecified atom stereocenters. The van der Waals surface area contributed by atoms with Crippen molar-refractivity contribution < 1.29 is 0 Å². The van der Waals surface area contributed by atoms with E-state index in [0.717, 1.165) is 29.2 Å². The van der Waals surface area contributed by atoms with E-state index in [0.29, 0.717) is 22.4 Å². The summed E-state index contributed by atoms with van der Waals surface area (Å²) in [5.74, 6) is 1.54. The van der Waals surface area contributed by atoms with E-state index >= 15 is 0 Å². The van der Waals surface area contributed by atoms with Gasteiger partial charge in [0, 0.05) is 28.9 Å². The molecule has 0 bridgehead atoms. The van der Waals surface area contributed by atoms with E-state index in [4.69, 9.17) is 28.2 Å². The molecule has 0 fully saturated rings. The molecule has 0 saturated carbocycles. The summed E-state index contributed by atoms with van der Waals surface area (Å²) >= 11 is 12.6. The molecule has 4 heteroatoms. The van der Waals surface area contributed by atoms with Crippen molar-refractivity contribution in [2.75, 3.05) is 0 Å². The summed E-state index contributed by atoms with van der Waals surface area (Å²) in [5.41, 5.74) is 7.80. The number of para-hydroxylation sites is 1. The quantitative estimate of drug-likeness (QED) is 0.213. The number of nitrogens with zero attached hydrogens (tertiary/aromatic N) is 2. The van der Waals surface area contributed by atoms with Crippen molar-refractivity contribution in [1.29, 1.82) is 0 Å². The topological polar surface area (TPSA) is 17.8 Å². The molecule has 0 N–H and O–H groups in total. The highest BCUT2D eigenvalue weighted by molar-refractivity contribution is 6.36. The molecule has 0 aliphatic rings. The zero-order valence-electron chi connectivity index (χ0n) is 20.5. The second-order valence-electron chi connectivity index (χ2n) is 9.18. The van der Waals surface area contributed by atoms with Gasteiger partial charge < -0.3 is 4.57 Å². The number of imidazole rings is 1. The third kappa shape index (κ3) is 5.26. The van der Waals surface area contributed by atoms with Crippen molar-refractivity contribution in [2.24, 2.45) is 0 Å². The van der Waals surface area contributed by atoms with Crippen molar-refractivity contribution in [2.45, 2.75) is 32.6 Å². The van der Waals surface area contributed by atoms with E-state index in [9.17, 15) is 0 Å². The molecule has 1 heterocycles. The molecule has 1 aromatic heterocycles. The summed E-state index contributed by atoms with van der Waals surface area (Å²) in [6, 6.07) is 33.5. The van der Waals surface area contributed by atoms with Gasteiger partial charge in [-0.05, 0) is 64.9 Å². The summed E-state index contributed by atoms with van der Waals surface area (Å²) in [7, 11) is 0. The van der Waals surface area contributed by atoms with Gasteiger partial charge in [0.2, 0.25) is 0 Å². The highest BCUT2D eigenvalue weighted by Gasteiger charge is 2.14. The SMILES string of the molecule is CCC(C)c1ccc(-c2ccc(Cc3nc(-c4ccc(Cl)cc4Cl)cn3-c3ccccc3)cc2)cc1. The van der Waals surface area contributed by atoms with Gasteiger partial charge in [0.25, 0.3) is 0 Å². The van der Waals surface area contributed by atoms with Gasteiger partial charge >= 0.3 is 0 Å². The Hall–Kier alpha value is -3.33. The van der Waals surface area contributed by atoms with Crippen LogP contribution >= 0.6 is 23.2 Å². The predicted molar refractivity (Wildman–Crippen MR) is 152 cm³/mol.